The Balaban J connectivity index is 1.37. The highest BCUT2D eigenvalue weighted by atomic mass is 16.1. The summed E-state index contributed by atoms with van der Waals surface area (Å²) in [6, 6.07) is 13.8. The monoisotopic (exact) mass is 376 g/mol. The minimum atomic E-state index is -0.163. The number of para-hydroxylation sites is 1. The number of likely N-dealkylation sites (N-methyl/N-ethyl adjacent to an activating group) is 1. The summed E-state index contributed by atoms with van der Waals surface area (Å²) in [6.07, 6.45) is 5.07. The summed E-state index contributed by atoms with van der Waals surface area (Å²) in [6.45, 7) is 4.50. The Morgan fingerprint density at radius 2 is 1.82 bits per heavy atom. The van der Waals surface area contributed by atoms with Crippen molar-refractivity contribution in [1.82, 2.24) is 24.8 Å². The molecule has 2 aromatic heterocycles. The Kier molecular flexibility index (Phi) is 5.34. The standard InChI is InChI=1S/C21H24N6O/c1-25-9-11-26(12-10-25)20-8-7-17(13-23-20)14-24-21(28)19-15-22-16-27(19)18-5-3-2-4-6-18/h2-8,13,15-16H,9-12,14H2,1H3,(H,24,28). The van der Waals surface area contributed by atoms with Crippen molar-refractivity contribution in [2.45, 2.75) is 6.54 Å². The van der Waals surface area contributed by atoms with Gasteiger partial charge in [-0.1, -0.05) is 24.3 Å². The fourth-order valence-corrected chi connectivity index (χ4v) is 3.27. The summed E-state index contributed by atoms with van der Waals surface area (Å²) < 4.78 is 1.78. The van der Waals surface area contributed by atoms with Crippen LogP contribution in [-0.2, 0) is 6.54 Å². The number of amides is 1. The number of carbonyl (C=O) groups excluding carboxylic acids is 1. The van der Waals surface area contributed by atoms with E-state index in [1.54, 1.807) is 17.1 Å². The van der Waals surface area contributed by atoms with Crippen LogP contribution in [0.1, 0.15) is 16.1 Å². The maximum atomic E-state index is 12.6. The Morgan fingerprint density at radius 3 is 2.54 bits per heavy atom. The van der Waals surface area contributed by atoms with Crippen molar-refractivity contribution in [3.8, 4) is 5.69 Å². The Morgan fingerprint density at radius 1 is 1.04 bits per heavy atom. The molecule has 144 valence electrons. The summed E-state index contributed by atoms with van der Waals surface area (Å²) in [4.78, 5) is 25.9. The topological polar surface area (TPSA) is 66.3 Å². The van der Waals surface area contributed by atoms with E-state index in [0.29, 0.717) is 12.2 Å². The lowest BCUT2D eigenvalue weighted by atomic mass is 10.2. The van der Waals surface area contributed by atoms with E-state index in [1.165, 1.54) is 0 Å². The van der Waals surface area contributed by atoms with E-state index in [1.807, 2.05) is 48.7 Å². The third-order valence-corrected chi connectivity index (χ3v) is 4.99. The molecule has 3 heterocycles. The number of benzene rings is 1. The van der Waals surface area contributed by atoms with Crippen molar-refractivity contribution in [2.24, 2.45) is 0 Å². The van der Waals surface area contributed by atoms with Gasteiger partial charge in [-0.3, -0.25) is 9.36 Å². The molecule has 4 rings (SSSR count). The highest BCUT2D eigenvalue weighted by Crippen LogP contribution is 2.14. The molecule has 0 bridgehead atoms. The molecule has 0 atom stereocenters. The maximum Gasteiger partial charge on any atom is 0.270 e. The molecule has 28 heavy (non-hydrogen) atoms. The number of nitrogens with zero attached hydrogens (tertiary/aromatic N) is 5. The molecule has 1 aliphatic rings. The number of piperazine rings is 1. The molecule has 7 heteroatoms. The first-order valence-corrected chi connectivity index (χ1v) is 9.45. The van der Waals surface area contributed by atoms with Crippen LogP contribution in [-0.4, -0.2) is 58.6 Å². The van der Waals surface area contributed by atoms with Gasteiger partial charge in [-0.25, -0.2) is 9.97 Å². The fraction of sp³-hybridized carbons (Fsp3) is 0.286. The molecule has 0 unspecified atom stereocenters. The van der Waals surface area contributed by atoms with E-state index in [4.69, 9.17) is 0 Å². The second kappa shape index (κ2) is 8.22. The van der Waals surface area contributed by atoms with Crippen LogP contribution in [0, 0.1) is 0 Å². The second-order valence-corrected chi connectivity index (χ2v) is 6.98. The van der Waals surface area contributed by atoms with Crippen LogP contribution in [0.25, 0.3) is 5.69 Å². The minimum Gasteiger partial charge on any atom is -0.354 e. The summed E-state index contributed by atoms with van der Waals surface area (Å²) in [5.74, 6) is 0.829. The highest BCUT2D eigenvalue weighted by molar-refractivity contribution is 5.92. The highest BCUT2D eigenvalue weighted by Gasteiger charge is 2.16. The smallest absolute Gasteiger partial charge is 0.270 e. The van der Waals surface area contributed by atoms with Gasteiger partial charge in [0.05, 0.1) is 12.5 Å². The third-order valence-electron chi connectivity index (χ3n) is 4.99. The normalized spacial score (nSPS) is 14.8. The van der Waals surface area contributed by atoms with Gasteiger partial charge < -0.3 is 15.1 Å². The van der Waals surface area contributed by atoms with Gasteiger partial charge >= 0.3 is 0 Å². The van der Waals surface area contributed by atoms with Gasteiger partial charge in [-0.2, -0.15) is 0 Å². The lowest BCUT2D eigenvalue weighted by Crippen LogP contribution is -2.44. The van der Waals surface area contributed by atoms with Crippen LogP contribution >= 0.6 is 0 Å². The van der Waals surface area contributed by atoms with Crippen molar-refractivity contribution in [3.05, 3.63) is 72.4 Å². The zero-order chi connectivity index (χ0) is 19.3. The number of nitrogens with one attached hydrogen (secondary N) is 1. The quantitative estimate of drug-likeness (QED) is 0.737. The molecule has 1 fully saturated rings. The molecule has 0 aliphatic carbocycles. The van der Waals surface area contributed by atoms with Crippen molar-refractivity contribution < 1.29 is 4.79 Å². The zero-order valence-corrected chi connectivity index (χ0v) is 16.0. The van der Waals surface area contributed by atoms with Crippen molar-refractivity contribution in [1.29, 1.82) is 0 Å². The molecular formula is C21H24N6O. The van der Waals surface area contributed by atoms with Gasteiger partial charge in [-0.15, -0.1) is 0 Å². The van der Waals surface area contributed by atoms with Crippen molar-refractivity contribution in [2.75, 3.05) is 38.1 Å². The molecular weight excluding hydrogens is 352 g/mol. The van der Waals surface area contributed by atoms with Crippen molar-refractivity contribution in [3.63, 3.8) is 0 Å². The maximum absolute atomic E-state index is 12.6. The predicted octanol–water partition coefficient (Wildman–Crippen LogP) is 1.95. The first kappa shape index (κ1) is 18.2. The average Bonchev–Trinajstić information content (AvgIpc) is 3.24. The summed E-state index contributed by atoms with van der Waals surface area (Å²) in [7, 11) is 2.14. The van der Waals surface area contributed by atoms with Gasteiger partial charge in [0.1, 0.15) is 11.5 Å². The molecule has 0 saturated carbocycles. The van der Waals surface area contributed by atoms with E-state index in [9.17, 15) is 4.79 Å². The van der Waals surface area contributed by atoms with Gasteiger partial charge in [-0.05, 0) is 30.8 Å². The number of aromatic nitrogens is 3. The number of imidazole rings is 1. The number of rotatable bonds is 5. The van der Waals surface area contributed by atoms with E-state index >= 15 is 0 Å². The SMILES string of the molecule is CN1CCN(c2ccc(CNC(=O)c3cncn3-c3ccccc3)cn2)CC1. The van der Waals surface area contributed by atoms with Crippen LogP contribution in [0.5, 0.6) is 0 Å². The molecule has 0 radical (unpaired) electrons. The first-order chi connectivity index (χ1) is 13.7. The van der Waals surface area contributed by atoms with Crippen LogP contribution in [0.2, 0.25) is 0 Å². The number of carbonyl (C=O) groups is 1. The van der Waals surface area contributed by atoms with E-state index < -0.39 is 0 Å². The van der Waals surface area contributed by atoms with Crippen LogP contribution in [0.4, 0.5) is 5.82 Å². The minimum absolute atomic E-state index is 0.163. The molecule has 1 aliphatic heterocycles. The van der Waals surface area contributed by atoms with Crippen LogP contribution in [0.15, 0.2) is 61.2 Å². The molecule has 1 saturated heterocycles. The van der Waals surface area contributed by atoms with E-state index in [-0.39, 0.29) is 5.91 Å². The molecule has 0 spiro atoms. The summed E-state index contributed by atoms with van der Waals surface area (Å²) in [5.41, 5.74) is 2.38. The lowest BCUT2D eigenvalue weighted by molar-refractivity contribution is 0.0944. The van der Waals surface area contributed by atoms with Crippen molar-refractivity contribution >= 4 is 11.7 Å². The van der Waals surface area contributed by atoms with Gasteiger partial charge in [0.15, 0.2) is 0 Å². The summed E-state index contributed by atoms with van der Waals surface area (Å²) >= 11 is 0. The fourth-order valence-electron chi connectivity index (χ4n) is 3.27. The Hall–Kier alpha value is -3.19. The third kappa shape index (κ3) is 4.04. The Bertz CT molecular complexity index is 914. The van der Waals surface area contributed by atoms with Crippen LogP contribution < -0.4 is 10.2 Å². The van der Waals surface area contributed by atoms with E-state index in [2.05, 4.69) is 32.1 Å². The van der Waals surface area contributed by atoms with Gasteiger partial charge in [0.2, 0.25) is 0 Å². The predicted molar refractivity (Wildman–Crippen MR) is 109 cm³/mol. The zero-order valence-electron chi connectivity index (χ0n) is 16.0. The molecule has 1 aromatic carbocycles. The number of hydrogen-bond donors (Lipinski definition) is 1. The molecule has 7 nitrogen and oxygen atoms in total. The largest absolute Gasteiger partial charge is 0.354 e. The number of pyridine rings is 1. The molecule has 1 N–H and O–H groups in total. The Labute approximate surface area is 164 Å². The van der Waals surface area contributed by atoms with Crippen LogP contribution in [0.3, 0.4) is 0 Å². The average molecular weight is 376 g/mol. The second-order valence-electron chi connectivity index (χ2n) is 6.98. The van der Waals surface area contributed by atoms with Gasteiger partial charge in [0.25, 0.3) is 5.91 Å². The van der Waals surface area contributed by atoms with Gasteiger partial charge in [0, 0.05) is 44.6 Å². The van der Waals surface area contributed by atoms with E-state index in [0.717, 1.165) is 43.2 Å². The first-order valence-electron chi connectivity index (χ1n) is 9.45. The molecule has 1 amide bonds. The lowest BCUT2D eigenvalue weighted by Gasteiger charge is -2.33. The number of anilines is 1. The number of hydrogen-bond acceptors (Lipinski definition) is 5. The summed E-state index contributed by atoms with van der Waals surface area (Å²) in [5, 5.41) is 2.96. The molecule has 3 aromatic rings.